The van der Waals surface area contributed by atoms with Crippen LogP contribution in [-0.4, -0.2) is 134 Å². The standard InChI is InChI=1S/C24H44N4O8.BrH.3Na/c1-5-35-22(33)7-6-8-25-9-11-26(17-20(29)30)13-14-27(18-21(31)32)15-16-28(12-10-25)19-23(34)36-24(2,3)4;;;;/h5-19H2,1-4H3,(H,29,30)(H,31,32);1H;;;/q;;3*+1/p-3. The molecule has 1 rings (SSSR count). The molecular formula is C24H42BrN4Na3O8. The predicted octanol–water partition coefficient (Wildman–Crippen LogP) is -14.6. The van der Waals surface area contributed by atoms with E-state index in [4.69, 9.17) is 9.47 Å². The number of esters is 2. The van der Waals surface area contributed by atoms with Crippen molar-refractivity contribution >= 4 is 23.9 Å². The van der Waals surface area contributed by atoms with E-state index in [1.165, 1.54) is 0 Å². The SMILES string of the molecule is CCOC(=O)CCCN1CCN(CC(=O)[O-])CCN(CC(=O)[O-])CCN(CC(=O)OC(C)(C)C)CC1.[Br-].[Na+].[Na+].[Na+]. The maximum atomic E-state index is 12.5. The van der Waals surface area contributed by atoms with Gasteiger partial charge in [-0.2, -0.15) is 0 Å². The summed E-state index contributed by atoms with van der Waals surface area (Å²) in [6.07, 6.45) is 0.873. The van der Waals surface area contributed by atoms with Crippen LogP contribution < -0.4 is 116 Å². The number of carbonyl (C=O) groups is 4. The summed E-state index contributed by atoms with van der Waals surface area (Å²) in [5.41, 5.74) is -0.619. The second kappa shape index (κ2) is 26.6. The summed E-state index contributed by atoms with van der Waals surface area (Å²) < 4.78 is 10.5. The van der Waals surface area contributed by atoms with E-state index < -0.39 is 17.5 Å². The fourth-order valence-corrected chi connectivity index (χ4v) is 3.88. The molecule has 0 N–H and O–H groups in total. The topological polar surface area (TPSA) is 146 Å². The number of carbonyl (C=O) groups excluding carboxylic acids is 4. The van der Waals surface area contributed by atoms with E-state index >= 15 is 0 Å². The van der Waals surface area contributed by atoms with Crippen LogP contribution in [0.1, 0.15) is 40.5 Å². The van der Waals surface area contributed by atoms with Crippen molar-refractivity contribution in [1.82, 2.24) is 19.6 Å². The molecule has 0 amide bonds. The van der Waals surface area contributed by atoms with Gasteiger partial charge in [0, 0.05) is 71.9 Å². The molecule has 0 aromatic carbocycles. The van der Waals surface area contributed by atoms with Gasteiger partial charge in [0.05, 0.1) is 25.1 Å². The Bertz CT molecular complexity index is 735. The van der Waals surface area contributed by atoms with Crippen LogP contribution in [0.3, 0.4) is 0 Å². The molecule has 1 heterocycles. The van der Waals surface area contributed by atoms with Crippen molar-refractivity contribution in [1.29, 1.82) is 0 Å². The first kappa shape index (κ1) is 48.1. The van der Waals surface area contributed by atoms with Crippen LogP contribution in [-0.2, 0) is 28.7 Å². The number of hydrogen-bond donors (Lipinski definition) is 0. The summed E-state index contributed by atoms with van der Waals surface area (Å²) in [4.78, 5) is 54.2. The fraction of sp³-hybridized carbons (Fsp3) is 0.833. The van der Waals surface area contributed by atoms with Crippen LogP contribution in [0, 0.1) is 0 Å². The van der Waals surface area contributed by atoms with Crippen LogP contribution in [0.25, 0.3) is 0 Å². The van der Waals surface area contributed by atoms with Gasteiger partial charge >= 0.3 is 101 Å². The molecule has 0 aliphatic carbocycles. The Kier molecular flexibility index (Phi) is 32.0. The van der Waals surface area contributed by atoms with E-state index in [9.17, 15) is 29.4 Å². The third-order valence-electron chi connectivity index (χ3n) is 5.57. The number of rotatable bonds is 11. The molecule has 0 unspecified atom stereocenters. The quantitative estimate of drug-likeness (QED) is 0.153. The molecule has 0 aromatic heterocycles. The second-order valence-corrected chi connectivity index (χ2v) is 9.91. The maximum Gasteiger partial charge on any atom is 1.00 e. The Morgan fingerprint density at radius 2 is 1.05 bits per heavy atom. The van der Waals surface area contributed by atoms with Gasteiger partial charge in [-0.3, -0.25) is 24.3 Å². The van der Waals surface area contributed by atoms with Gasteiger partial charge in [0.2, 0.25) is 0 Å². The summed E-state index contributed by atoms with van der Waals surface area (Å²) in [6.45, 7) is 11.1. The zero-order chi connectivity index (χ0) is 27.1. The molecule has 0 atom stereocenters. The second-order valence-electron chi connectivity index (χ2n) is 9.91. The van der Waals surface area contributed by atoms with Gasteiger partial charge < -0.3 is 51.2 Å². The van der Waals surface area contributed by atoms with Gasteiger partial charge in [0.25, 0.3) is 0 Å². The fourth-order valence-electron chi connectivity index (χ4n) is 3.88. The van der Waals surface area contributed by atoms with Crippen LogP contribution >= 0.6 is 0 Å². The Labute approximate surface area is 315 Å². The molecule has 0 radical (unpaired) electrons. The molecule has 216 valence electrons. The number of hydrogen-bond acceptors (Lipinski definition) is 12. The van der Waals surface area contributed by atoms with E-state index in [-0.39, 0.29) is 144 Å². The molecule has 0 spiro atoms. The Morgan fingerprint density at radius 3 is 1.40 bits per heavy atom. The number of nitrogens with zero attached hydrogens (tertiary/aromatic N) is 4. The molecule has 0 saturated carbocycles. The maximum absolute atomic E-state index is 12.5. The van der Waals surface area contributed by atoms with E-state index in [2.05, 4.69) is 4.90 Å². The van der Waals surface area contributed by atoms with Gasteiger partial charge in [-0.15, -0.1) is 0 Å². The summed E-state index contributed by atoms with van der Waals surface area (Å²) in [5.74, 6) is -3.05. The van der Waals surface area contributed by atoms with Gasteiger partial charge in [-0.05, 0) is 40.7 Å². The largest absolute Gasteiger partial charge is 1.00 e. The Hall–Kier alpha value is 1.20. The molecule has 0 bridgehead atoms. The van der Waals surface area contributed by atoms with Gasteiger partial charge in [0.1, 0.15) is 5.60 Å². The van der Waals surface area contributed by atoms with E-state index in [1.54, 1.807) is 37.5 Å². The molecule has 40 heavy (non-hydrogen) atoms. The third kappa shape index (κ3) is 25.7. The van der Waals surface area contributed by atoms with E-state index in [1.807, 2.05) is 4.90 Å². The number of ether oxygens (including phenoxy) is 2. The van der Waals surface area contributed by atoms with Crippen LogP contribution in [0.2, 0.25) is 0 Å². The molecule has 12 nitrogen and oxygen atoms in total. The molecule has 1 aliphatic heterocycles. The number of halogens is 1. The van der Waals surface area contributed by atoms with Crippen molar-refractivity contribution in [2.75, 3.05) is 85.1 Å². The Morgan fingerprint density at radius 1 is 0.675 bits per heavy atom. The van der Waals surface area contributed by atoms with Gasteiger partial charge in [-0.1, -0.05) is 0 Å². The molecular weight excluding hydrogens is 621 g/mol. The molecule has 1 fully saturated rings. The Balaban J connectivity index is -0.00000162. The van der Waals surface area contributed by atoms with Crippen LogP contribution in [0.5, 0.6) is 0 Å². The average Bonchev–Trinajstić information content (AvgIpc) is 2.73. The van der Waals surface area contributed by atoms with E-state index in [0.717, 1.165) is 0 Å². The summed E-state index contributed by atoms with van der Waals surface area (Å²) in [7, 11) is 0. The summed E-state index contributed by atoms with van der Waals surface area (Å²) >= 11 is 0. The zero-order valence-electron chi connectivity index (χ0n) is 25.5. The summed E-state index contributed by atoms with van der Waals surface area (Å²) in [5, 5.41) is 22.5. The smallest absolute Gasteiger partial charge is 1.00 e. The van der Waals surface area contributed by atoms with Gasteiger partial charge in [0.15, 0.2) is 0 Å². The number of carboxylic acids is 2. The minimum atomic E-state index is -1.22. The first-order chi connectivity index (χ1) is 16.9. The number of carboxylic acid groups (broad SMARTS) is 2. The molecule has 1 saturated heterocycles. The first-order valence-corrected chi connectivity index (χ1v) is 12.5. The van der Waals surface area contributed by atoms with Crippen molar-refractivity contribution in [2.24, 2.45) is 0 Å². The molecule has 1 aliphatic rings. The molecule has 0 aromatic rings. The van der Waals surface area contributed by atoms with Gasteiger partial charge in [-0.25, -0.2) is 0 Å². The van der Waals surface area contributed by atoms with E-state index in [0.29, 0.717) is 71.9 Å². The van der Waals surface area contributed by atoms with Crippen LogP contribution in [0.4, 0.5) is 0 Å². The molecule has 16 heteroatoms. The van der Waals surface area contributed by atoms with Crippen molar-refractivity contribution < 1.29 is 145 Å². The van der Waals surface area contributed by atoms with Crippen molar-refractivity contribution in [3.8, 4) is 0 Å². The predicted molar refractivity (Wildman–Crippen MR) is 127 cm³/mol. The minimum Gasteiger partial charge on any atom is -1.00 e. The first-order valence-electron chi connectivity index (χ1n) is 12.5. The van der Waals surface area contributed by atoms with Crippen LogP contribution in [0.15, 0.2) is 0 Å². The monoisotopic (exact) mass is 662 g/mol. The normalized spacial score (nSPS) is 16.3. The summed E-state index contributed by atoms with van der Waals surface area (Å²) in [6, 6.07) is 0. The van der Waals surface area contributed by atoms with Crippen molar-refractivity contribution in [3.05, 3.63) is 0 Å². The third-order valence-corrected chi connectivity index (χ3v) is 5.57. The zero-order valence-corrected chi connectivity index (χ0v) is 33.1. The minimum absolute atomic E-state index is 0. The number of aliphatic carboxylic acids is 2. The van der Waals surface area contributed by atoms with Crippen molar-refractivity contribution in [2.45, 2.75) is 46.1 Å². The average molecular weight is 663 g/mol. The van der Waals surface area contributed by atoms with Crippen molar-refractivity contribution in [3.63, 3.8) is 0 Å².